The van der Waals surface area contributed by atoms with Crippen LogP contribution in [-0.2, 0) is 78.6 Å². The molecule has 22 heteroatoms. The number of aryl methyl sites for hydroxylation is 2. The van der Waals surface area contributed by atoms with Gasteiger partial charge in [0.15, 0.2) is 0 Å². The number of hydrogen-bond acceptors (Lipinski definition) is 16. The number of carbonyl (C=O) groups is 4. The molecule has 2 saturated heterocycles. The van der Waals surface area contributed by atoms with E-state index in [1.807, 2.05) is 91.8 Å². The van der Waals surface area contributed by atoms with Gasteiger partial charge in [-0.2, -0.15) is 0 Å². The summed E-state index contributed by atoms with van der Waals surface area (Å²) < 4.78 is 36.2. The van der Waals surface area contributed by atoms with E-state index in [0.717, 1.165) is 99.5 Å². The topological polar surface area (TPSA) is 240 Å². The normalized spacial score (nSPS) is 30.2. The molecule has 5 fully saturated rings. The largest absolute Gasteiger partial charge is 0.540 e. The Labute approximate surface area is 548 Å². The second-order valence-corrected chi connectivity index (χ2v) is 28.0. The smallest absolute Gasteiger partial charge is 0.408 e. The van der Waals surface area contributed by atoms with Crippen molar-refractivity contribution in [2.75, 3.05) is 27.3 Å². The van der Waals surface area contributed by atoms with E-state index in [9.17, 15) is 28.8 Å². The molecule has 4 amide bonds. The van der Waals surface area contributed by atoms with Crippen molar-refractivity contribution in [3.63, 3.8) is 0 Å². The van der Waals surface area contributed by atoms with Crippen molar-refractivity contribution in [2.45, 2.75) is 213 Å². The molecule has 2 unspecified atom stereocenters. The zero-order valence-electron chi connectivity index (χ0n) is 53.9. The second-order valence-electron chi connectivity index (χ2n) is 28.0. The fourth-order valence-corrected chi connectivity index (χ4v) is 14.1. The van der Waals surface area contributed by atoms with Gasteiger partial charge in [-0.15, -0.1) is 0 Å². The molecular weight excluding hydrogens is 1210 g/mol. The predicted octanol–water partition coefficient (Wildman–Crippen LogP) is 10.2. The van der Waals surface area contributed by atoms with Crippen molar-refractivity contribution in [3.05, 3.63) is 47.8 Å². The number of nitrogens with one attached hydrogen (secondary N) is 2. The molecule has 2 aromatic heterocycles. The van der Waals surface area contributed by atoms with Crippen molar-refractivity contribution in [1.29, 1.82) is 0 Å². The molecule has 2 radical (unpaired) electrons. The van der Waals surface area contributed by atoms with Crippen molar-refractivity contribution < 1.29 is 94.3 Å². The van der Waals surface area contributed by atoms with Crippen LogP contribution in [0.3, 0.4) is 0 Å². The van der Waals surface area contributed by atoms with Crippen LogP contribution in [0.4, 0.5) is 9.59 Å². The number of ether oxygens (including phenoxy) is 6. The first-order valence-corrected chi connectivity index (χ1v) is 31.8. The Morgan fingerprint density at radius 3 is 1.57 bits per heavy atom. The van der Waals surface area contributed by atoms with Gasteiger partial charge in [-0.05, 0) is 123 Å². The maximum Gasteiger partial charge on any atom is 0.408 e. The zero-order valence-corrected chi connectivity index (χ0v) is 56.7. The third-order valence-corrected chi connectivity index (χ3v) is 19.7. The molecule has 3 saturated carbocycles. The summed E-state index contributed by atoms with van der Waals surface area (Å²) in [6.45, 7) is 19.7. The van der Waals surface area contributed by atoms with Crippen LogP contribution in [0.5, 0.6) is 23.3 Å². The molecule has 4 bridgehead atoms. The van der Waals surface area contributed by atoms with Gasteiger partial charge in [0, 0.05) is 61.1 Å². The Kier molecular flexibility index (Phi) is 21.8. The van der Waals surface area contributed by atoms with Gasteiger partial charge in [0.25, 0.3) is 0 Å². The molecule has 2 aromatic carbocycles. The average molecular weight is 1300 g/mol. The molecular formula is C67H90N8O12V2-2. The Bertz CT molecular complexity index is 3230. The Hall–Kier alpha value is -5.69. The van der Waals surface area contributed by atoms with Crippen LogP contribution in [0.15, 0.2) is 36.4 Å². The Morgan fingerprint density at radius 2 is 1.10 bits per heavy atom. The fourth-order valence-electron chi connectivity index (χ4n) is 14.1. The van der Waals surface area contributed by atoms with Crippen LogP contribution < -0.4 is 29.6 Å². The van der Waals surface area contributed by atoms with Crippen LogP contribution in [0.25, 0.3) is 22.1 Å². The quantitative estimate of drug-likeness (QED) is 0.164. The first-order chi connectivity index (χ1) is 41.4. The number of fused-ring (bicyclic) bond motifs is 10. The SMILES string of the molecule is CC[C@@H]1[C@@H]2CN(C(=O)[C@H](C(C)(C)C)NC(=O)OC3(C(C)C)C[C@H]3CCCCCc3nc4ccc(OC)cc4nc3O2)[C@@H]1[C-]=O.COc1ccc2nc3c(nc2c1)O[C@H]1CN(C(=O)[C@H](C(C)(C)C)NC(=O)OC2(C4CC4)C[C@H]2CCCCC3)[C@H]([C-]=O)[C@@H]1C.[V].[V]. The number of hydrogen-bond donors (Lipinski definition) is 2. The molecule has 11 rings (SSSR count). The summed E-state index contributed by atoms with van der Waals surface area (Å²) >= 11 is 0. The Balaban J connectivity index is 0.000000225. The summed E-state index contributed by atoms with van der Waals surface area (Å²) in [4.78, 5) is 102. The molecule has 482 valence electrons. The van der Waals surface area contributed by atoms with Gasteiger partial charge in [-0.1, -0.05) is 113 Å². The first kappa shape index (κ1) is 69.2. The number of amides is 4. The van der Waals surface area contributed by atoms with Gasteiger partial charge in [-0.3, -0.25) is 9.59 Å². The maximum absolute atomic E-state index is 14.2. The van der Waals surface area contributed by atoms with Gasteiger partial charge in [0.1, 0.15) is 58.4 Å². The van der Waals surface area contributed by atoms with Crippen molar-refractivity contribution >= 4 is 58.6 Å². The van der Waals surface area contributed by atoms with E-state index in [4.69, 9.17) is 48.4 Å². The van der Waals surface area contributed by atoms with Crippen LogP contribution in [0.1, 0.15) is 164 Å². The maximum atomic E-state index is 14.2. The minimum absolute atomic E-state index is 0. The van der Waals surface area contributed by atoms with E-state index < -0.39 is 70.6 Å². The third-order valence-electron chi connectivity index (χ3n) is 19.7. The van der Waals surface area contributed by atoms with Crippen LogP contribution in [-0.4, -0.2) is 141 Å². The van der Waals surface area contributed by atoms with Crippen LogP contribution in [0.2, 0.25) is 0 Å². The van der Waals surface area contributed by atoms with Gasteiger partial charge >= 0.3 is 12.2 Å². The van der Waals surface area contributed by atoms with E-state index in [1.54, 1.807) is 14.2 Å². The van der Waals surface area contributed by atoms with Crippen molar-refractivity contribution in [2.24, 2.45) is 46.3 Å². The predicted molar refractivity (Wildman–Crippen MR) is 326 cm³/mol. The number of nitrogens with zero attached hydrogens (tertiary/aromatic N) is 6. The van der Waals surface area contributed by atoms with Crippen LogP contribution in [0, 0.1) is 46.3 Å². The number of methoxy groups -OCH3 is 2. The number of rotatable bonds is 7. The minimum atomic E-state index is -0.911. The number of alkyl carbamates (subject to hydrolysis) is 2. The summed E-state index contributed by atoms with van der Waals surface area (Å²) in [5, 5.41) is 5.80. The summed E-state index contributed by atoms with van der Waals surface area (Å²) in [6.07, 6.45) is 15.7. The summed E-state index contributed by atoms with van der Waals surface area (Å²) in [6, 6.07) is 7.73. The van der Waals surface area contributed by atoms with Gasteiger partial charge in [-0.25, -0.2) is 42.1 Å². The van der Waals surface area contributed by atoms with E-state index in [2.05, 4.69) is 37.1 Å². The van der Waals surface area contributed by atoms with Gasteiger partial charge in [0.2, 0.25) is 23.6 Å². The number of aromatic nitrogens is 4. The van der Waals surface area contributed by atoms with E-state index in [-0.39, 0.29) is 85.7 Å². The monoisotopic (exact) mass is 1300 g/mol. The molecule has 20 nitrogen and oxygen atoms in total. The average Bonchev–Trinajstić information content (AvgIpc) is 1.61. The molecule has 4 aromatic rings. The standard InChI is InChI=1S/C34H47N4O6.C33H43N4O6.2V/c1-8-23-27(19-39)38-18-28(23)43-30-25(35-24-15-14-22(42-7)16-26(24)36-30)13-11-9-10-12-21-17-34(21,20(2)3)44-32(41)37-29(31(38)40)33(4,5)6;1-19-26(18-38)37-17-27(19)42-29-24(34-23-14-13-22(41-5)15-25(23)35-29)10-8-6-7-9-21-16-33(21,20-11-12-20)43-31(40)36-28(30(37)39)32(2,3)4;;/h14-16,20-21,23,27-29H,8-13,17-18H2,1-7H3,(H,37,41);13-15,19-21,26-28H,6-12,16-17H2,1-5H3,(H,36,40);;/q2*-1;;/t21-,23+,27-,28+,29-,34?;19-,21+,26+,27-,28+,33?;;/m10../s1. The molecule has 12 atom stereocenters. The van der Waals surface area contributed by atoms with Crippen LogP contribution >= 0.6 is 0 Å². The van der Waals surface area contributed by atoms with Crippen molar-refractivity contribution in [1.82, 2.24) is 40.4 Å². The molecule has 89 heavy (non-hydrogen) atoms. The van der Waals surface area contributed by atoms with E-state index >= 15 is 0 Å². The number of benzene rings is 2. The number of carbonyl (C=O) groups excluding carboxylic acids is 6. The van der Waals surface area contributed by atoms with Gasteiger partial charge in [0.05, 0.1) is 49.4 Å². The second kappa shape index (κ2) is 28.0. The molecule has 2 N–H and O–H groups in total. The summed E-state index contributed by atoms with van der Waals surface area (Å²) in [7, 11) is 3.22. The molecule has 4 aliphatic heterocycles. The minimum Gasteiger partial charge on any atom is -0.540 e. The van der Waals surface area contributed by atoms with E-state index in [1.165, 1.54) is 9.80 Å². The molecule has 3 aliphatic carbocycles. The van der Waals surface area contributed by atoms with Gasteiger partial charge < -0.3 is 58.4 Å². The first-order valence-electron chi connectivity index (χ1n) is 31.8. The molecule has 7 aliphatic rings. The Morgan fingerprint density at radius 1 is 0.618 bits per heavy atom. The summed E-state index contributed by atoms with van der Waals surface area (Å²) in [5.41, 5.74) is 2.13. The zero-order chi connectivity index (χ0) is 62.3. The molecule has 6 heterocycles. The van der Waals surface area contributed by atoms with Crippen molar-refractivity contribution in [3.8, 4) is 23.3 Å². The fraction of sp³-hybridized carbons (Fsp3) is 0.672. The third kappa shape index (κ3) is 14.8. The summed E-state index contributed by atoms with van der Waals surface area (Å²) in [5.74, 6) is 2.00. The van der Waals surface area contributed by atoms with E-state index in [0.29, 0.717) is 65.4 Å². The molecule has 0 spiro atoms.